The summed E-state index contributed by atoms with van der Waals surface area (Å²) in [6, 6.07) is 2.80. The highest BCUT2D eigenvalue weighted by molar-refractivity contribution is 7.12. The molecule has 1 aromatic heterocycles. The Morgan fingerprint density at radius 3 is 2.76 bits per heavy atom. The summed E-state index contributed by atoms with van der Waals surface area (Å²) in [5, 5.41) is 5.66. The number of hydrogen-bond acceptors (Lipinski definition) is 3. The van der Waals surface area contributed by atoms with Crippen LogP contribution in [0, 0.1) is 5.92 Å². The average molecular weight is 329 g/mol. The van der Waals surface area contributed by atoms with Crippen molar-refractivity contribution in [2.75, 3.05) is 19.6 Å². The van der Waals surface area contributed by atoms with E-state index in [9.17, 15) is 4.79 Å². The Bertz CT molecular complexity index is 463. The molecule has 1 amide bonds. The largest absolute Gasteiger partial charge is 0.338 e. The number of rotatable bonds is 3. The first-order valence-electron chi connectivity index (χ1n) is 7.88. The molecular weight excluding hydrogens is 304 g/mol. The highest BCUT2D eigenvalue weighted by Gasteiger charge is 2.30. The molecule has 0 bridgehead atoms. The lowest BCUT2D eigenvalue weighted by Gasteiger charge is -2.34. The molecule has 5 heteroatoms. The van der Waals surface area contributed by atoms with Crippen molar-refractivity contribution in [3.63, 3.8) is 0 Å². The first kappa shape index (κ1) is 16.8. The van der Waals surface area contributed by atoms with Crippen LogP contribution in [0.2, 0.25) is 0 Å². The van der Waals surface area contributed by atoms with Gasteiger partial charge < -0.3 is 10.2 Å². The maximum atomic E-state index is 12.6. The number of nitrogens with one attached hydrogen (secondary N) is 1. The molecule has 0 aromatic carbocycles. The second-order valence-corrected chi connectivity index (χ2v) is 6.88. The molecule has 1 aromatic rings. The van der Waals surface area contributed by atoms with E-state index in [0.29, 0.717) is 6.04 Å². The van der Waals surface area contributed by atoms with Crippen LogP contribution in [0.1, 0.15) is 47.8 Å². The van der Waals surface area contributed by atoms with Gasteiger partial charge in [0.1, 0.15) is 0 Å². The number of hydrogen-bond donors (Lipinski definition) is 1. The lowest BCUT2D eigenvalue weighted by atomic mass is 9.88. The van der Waals surface area contributed by atoms with Gasteiger partial charge in [0.05, 0.1) is 4.88 Å². The summed E-state index contributed by atoms with van der Waals surface area (Å²) >= 11 is 1.60. The standard InChI is InChI=1S/C16H24N2OS.ClH/c1-2-12-7-11-20-15(12)16(19)18-9-5-13(6-10-18)14-4-3-8-17-14;/h7,11,13-14,17H,2-6,8-10H2,1H3;1H. The Labute approximate surface area is 137 Å². The second-order valence-electron chi connectivity index (χ2n) is 5.96. The average Bonchev–Trinajstić information content (AvgIpc) is 3.17. The van der Waals surface area contributed by atoms with Crippen molar-refractivity contribution in [3.05, 3.63) is 21.9 Å². The highest BCUT2D eigenvalue weighted by Crippen LogP contribution is 2.27. The third kappa shape index (κ3) is 3.61. The van der Waals surface area contributed by atoms with Gasteiger partial charge in [-0.15, -0.1) is 23.7 Å². The van der Waals surface area contributed by atoms with Crippen LogP contribution >= 0.6 is 23.7 Å². The van der Waals surface area contributed by atoms with E-state index in [4.69, 9.17) is 0 Å². The number of piperidine rings is 1. The van der Waals surface area contributed by atoms with Crippen molar-refractivity contribution in [2.45, 2.75) is 45.1 Å². The monoisotopic (exact) mass is 328 g/mol. The summed E-state index contributed by atoms with van der Waals surface area (Å²) < 4.78 is 0. The predicted octanol–water partition coefficient (Wildman–Crippen LogP) is 3.34. The van der Waals surface area contributed by atoms with Crippen molar-refractivity contribution in [3.8, 4) is 0 Å². The zero-order valence-electron chi connectivity index (χ0n) is 12.6. The Morgan fingerprint density at radius 1 is 1.38 bits per heavy atom. The van der Waals surface area contributed by atoms with Crippen LogP contribution in [-0.2, 0) is 6.42 Å². The van der Waals surface area contributed by atoms with Gasteiger partial charge in [-0.25, -0.2) is 0 Å². The van der Waals surface area contributed by atoms with Gasteiger partial charge in [0.25, 0.3) is 5.91 Å². The Hall–Kier alpha value is -0.580. The van der Waals surface area contributed by atoms with E-state index in [1.807, 2.05) is 5.38 Å². The fraction of sp³-hybridized carbons (Fsp3) is 0.688. The van der Waals surface area contributed by atoms with E-state index in [2.05, 4.69) is 23.2 Å². The van der Waals surface area contributed by atoms with Crippen molar-refractivity contribution in [1.29, 1.82) is 0 Å². The van der Waals surface area contributed by atoms with Gasteiger partial charge in [0.2, 0.25) is 0 Å². The summed E-state index contributed by atoms with van der Waals surface area (Å²) in [5.74, 6) is 1.03. The zero-order valence-corrected chi connectivity index (χ0v) is 14.3. The van der Waals surface area contributed by atoms with E-state index in [1.165, 1.54) is 24.9 Å². The molecule has 21 heavy (non-hydrogen) atoms. The second kappa shape index (κ2) is 7.61. The van der Waals surface area contributed by atoms with Crippen LogP contribution in [0.3, 0.4) is 0 Å². The molecule has 3 rings (SSSR count). The van der Waals surface area contributed by atoms with Gasteiger partial charge in [-0.05, 0) is 61.6 Å². The van der Waals surface area contributed by atoms with Crippen LogP contribution in [0.15, 0.2) is 11.4 Å². The number of amides is 1. The van der Waals surface area contributed by atoms with Gasteiger partial charge >= 0.3 is 0 Å². The molecular formula is C16H25ClN2OS. The van der Waals surface area contributed by atoms with E-state index < -0.39 is 0 Å². The number of thiophene rings is 1. The van der Waals surface area contributed by atoms with Crippen LogP contribution in [0.5, 0.6) is 0 Å². The topological polar surface area (TPSA) is 32.3 Å². The van der Waals surface area contributed by atoms with Crippen molar-refractivity contribution < 1.29 is 4.79 Å². The predicted molar refractivity (Wildman–Crippen MR) is 90.6 cm³/mol. The van der Waals surface area contributed by atoms with E-state index >= 15 is 0 Å². The smallest absolute Gasteiger partial charge is 0.264 e. The van der Waals surface area contributed by atoms with Gasteiger partial charge in [0.15, 0.2) is 0 Å². The first-order valence-corrected chi connectivity index (χ1v) is 8.76. The summed E-state index contributed by atoms with van der Waals surface area (Å²) in [4.78, 5) is 15.6. The van der Waals surface area contributed by atoms with Crippen LogP contribution < -0.4 is 5.32 Å². The molecule has 1 N–H and O–H groups in total. The van der Waals surface area contributed by atoms with Gasteiger partial charge in [-0.2, -0.15) is 0 Å². The molecule has 0 saturated carbocycles. The molecule has 1 atom stereocenters. The number of carbonyl (C=O) groups is 1. The molecule has 0 radical (unpaired) electrons. The van der Waals surface area contributed by atoms with Crippen molar-refractivity contribution in [1.82, 2.24) is 10.2 Å². The quantitative estimate of drug-likeness (QED) is 0.923. The number of likely N-dealkylation sites (tertiary alicyclic amines) is 1. The van der Waals surface area contributed by atoms with Gasteiger partial charge in [-0.3, -0.25) is 4.79 Å². The minimum Gasteiger partial charge on any atom is -0.338 e. The molecule has 3 nitrogen and oxygen atoms in total. The summed E-state index contributed by atoms with van der Waals surface area (Å²) in [6.45, 7) is 5.17. The third-order valence-corrected chi connectivity index (χ3v) is 5.76. The molecule has 2 fully saturated rings. The van der Waals surface area contributed by atoms with Crippen LogP contribution in [0.25, 0.3) is 0 Å². The molecule has 2 saturated heterocycles. The van der Waals surface area contributed by atoms with Crippen molar-refractivity contribution in [2.24, 2.45) is 5.92 Å². The number of aryl methyl sites for hydroxylation is 1. The molecule has 1 unspecified atom stereocenters. The molecule has 2 aliphatic heterocycles. The number of halogens is 1. The summed E-state index contributed by atoms with van der Waals surface area (Å²) in [7, 11) is 0. The summed E-state index contributed by atoms with van der Waals surface area (Å²) in [6.07, 6.45) is 5.92. The van der Waals surface area contributed by atoms with Gasteiger partial charge in [0, 0.05) is 19.1 Å². The lowest BCUT2D eigenvalue weighted by Crippen LogP contribution is -2.43. The molecule has 0 spiro atoms. The minimum atomic E-state index is 0. The molecule has 2 aliphatic rings. The number of nitrogens with zero attached hydrogens (tertiary/aromatic N) is 1. The van der Waals surface area contributed by atoms with Gasteiger partial charge in [-0.1, -0.05) is 6.92 Å². The Balaban J connectivity index is 0.00000161. The van der Waals surface area contributed by atoms with Crippen molar-refractivity contribution >= 4 is 29.7 Å². The van der Waals surface area contributed by atoms with E-state index in [0.717, 1.165) is 43.1 Å². The molecule has 0 aliphatic carbocycles. The molecule has 3 heterocycles. The third-order valence-electron chi connectivity index (χ3n) is 4.82. The van der Waals surface area contributed by atoms with Crippen LogP contribution in [-0.4, -0.2) is 36.5 Å². The van der Waals surface area contributed by atoms with E-state index in [-0.39, 0.29) is 18.3 Å². The fourth-order valence-electron chi connectivity index (χ4n) is 3.56. The van der Waals surface area contributed by atoms with Crippen LogP contribution in [0.4, 0.5) is 0 Å². The highest BCUT2D eigenvalue weighted by atomic mass is 35.5. The van der Waals surface area contributed by atoms with E-state index in [1.54, 1.807) is 11.3 Å². The lowest BCUT2D eigenvalue weighted by molar-refractivity contribution is 0.0678. The zero-order chi connectivity index (χ0) is 13.9. The maximum absolute atomic E-state index is 12.6. The normalized spacial score (nSPS) is 23.1. The fourth-order valence-corrected chi connectivity index (χ4v) is 4.53. The Kier molecular flexibility index (Phi) is 6.08. The maximum Gasteiger partial charge on any atom is 0.264 e. The Morgan fingerprint density at radius 2 is 2.14 bits per heavy atom. The number of carbonyl (C=O) groups excluding carboxylic acids is 1. The summed E-state index contributed by atoms with van der Waals surface area (Å²) in [5.41, 5.74) is 1.21. The minimum absolute atomic E-state index is 0. The SMILES string of the molecule is CCc1ccsc1C(=O)N1CCC(C2CCCN2)CC1.Cl. The first-order chi connectivity index (χ1) is 9.79. The molecule has 118 valence electrons.